The van der Waals surface area contributed by atoms with Crippen molar-refractivity contribution in [1.82, 2.24) is 4.57 Å². The van der Waals surface area contributed by atoms with Crippen molar-refractivity contribution in [2.75, 3.05) is 6.54 Å². The van der Waals surface area contributed by atoms with Crippen molar-refractivity contribution in [3.05, 3.63) is 30.3 Å². The molecule has 0 amide bonds. The fourth-order valence-corrected chi connectivity index (χ4v) is 3.42. The number of benzene rings is 1. The van der Waals surface area contributed by atoms with Crippen molar-refractivity contribution >= 4 is 14.9 Å². The van der Waals surface area contributed by atoms with Crippen LogP contribution in [0.5, 0.6) is 0 Å². The van der Waals surface area contributed by atoms with Gasteiger partial charge in [0.05, 0.1) is 0 Å². The summed E-state index contributed by atoms with van der Waals surface area (Å²) in [5.74, 6) is 0. The van der Waals surface area contributed by atoms with Crippen LogP contribution in [-0.2, 0) is 0 Å². The van der Waals surface area contributed by atoms with Crippen LogP contribution in [0.4, 0.5) is 0 Å². The summed E-state index contributed by atoms with van der Waals surface area (Å²) in [7, 11) is -0.223. The lowest BCUT2D eigenvalue weighted by Crippen LogP contribution is -2.41. The second-order valence-electron chi connectivity index (χ2n) is 4.05. The van der Waals surface area contributed by atoms with E-state index < -0.39 is 0 Å². The predicted molar refractivity (Wildman–Crippen MR) is 66.8 cm³/mol. The SMILES string of the molecule is CCCN([SiH2]c1ccccc1)C(C)C. The lowest BCUT2D eigenvalue weighted by atomic mass is 10.3. The zero-order valence-corrected chi connectivity index (χ0v) is 10.9. The summed E-state index contributed by atoms with van der Waals surface area (Å²) < 4.78 is 2.65. The molecule has 0 radical (unpaired) electrons. The molecule has 0 unspecified atom stereocenters. The van der Waals surface area contributed by atoms with Crippen LogP contribution in [-0.4, -0.2) is 26.8 Å². The van der Waals surface area contributed by atoms with E-state index in [2.05, 4.69) is 55.7 Å². The van der Waals surface area contributed by atoms with E-state index in [0.29, 0.717) is 6.04 Å². The van der Waals surface area contributed by atoms with Gasteiger partial charge in [0.2, 0.25) is 0 Å². The highest BCUT2D eigenvalue weighted by atomic mass is 28.2. The van der Waals surface area contributed by atoms with Crippen molar-refractivity contribution in [2.24, 2.45) is 0 Å². The minimum Gasteiger partial charge on any atom is -0.323 e. The second-order valence-corrected chi connectivity index (χ2v) is 5.99. The first-order chi connectivity index (χ1) is 6.74. The monoisotopic (exact) mass is 207 g/mol. The Balaban J connectivity index is 2.55. The van der Waals surface area contributed by atoms with E-state index in [1.165, 1.54) is 13.0 Å². The molecule has 0 aliphatic heterocycles. The molecule has 14 heavy (non-hydrogen) atoms. The molecule has 0 aliphatic carbocycles. The van der Waals surface area contributed by atoms with Crippen LogP contribution in [0, 0.1) is 0 Å². The predicted octanol–water partition coefficient (Wildman–Crippen LogP) is 1.52. The lowest BCUT2D eigenvalue weighted by molar-refractivity contribution is 0.375. The summed E-state index contributed by atoms with van der Waals surface area (Å²) >= 11 is 0. The van der Waals surface area contributed by atoms with E-state index in [-0.39, 0.29) is 9.68 Å². The molecule has 0 spiro atoms. The Labute approximate surface area is 90.0 Å². The minimum atomic E-state index is -0.223. The average molecular weight is 207 g/mol. The van der Waals surface area contributed by atoms with Gasteiger partial charge in [0.1, 0.15) is 9.68 Å². The number of nitrogens with zero attached hydrogens (tertiary/aromatic N) is 1. The third-order valence-electron chi connectivity index (χ3n) is 2.47. The largest absolute Gasteiger partial charge is 0.323 e. The molecule has 1 aromatic carbocycles. The third-order valence-corrected chi connectivity index (χ3v) is 4.76. The Hall–Kier alpha value is -0.603. The summed E-state index contributed by atoms with van der Waals surface area (Å²) in [5, 5.41) is 1.55. The van der Waals surface area contributed by atoms with E-state index in [0.717, 1.165) is 0 Å². The number of hydrogen-bond donors (Lipinski definition) is 0. The van der Waals surface area contributed by atoms with Gasteiger partial charge < -0.3 is 4.57 Å². The summed E-state index contributed by atoms with van der Waals surface area (Å²) in [5.41, 5.74) is 0. The molecule has 0 saturated heterocycles. The Morgan fingerprint density at radius 1 is 1.21 bits per heavy atom. The molecule has 1 nitrogen and oxygen atoms in total. The van der Waals surface area contributed by atoms with Gasteiger partial charge in [0, 0.05) is 0 Å². The van der Waals surface area contributed by atoms with Gasteiger partial charge in [0.15, 0.2) is 0 Å². The van der Waals surface area contributed by atoms with Crippen LogP contribution in [0.25, 0.3) is 0 Å². The molecule has 1 aromatic rings. The fourth-order valence-electron chi connectivity index (χ4n) is 1.62. The molecule has 0 bridgehead atoms. The highest BCUT2D eigenvalue weighted by Gasteiger charge is 2.08. The third kappa shape index (κ3) is 3.64. The highest BCUT2D eigenvalue weighted by Crippen LogP contribution is 1.97. The second kappa shape index (κ2) is 5.99. The molecule has 0 N–H and O–H groups in total. The van der Waals surface area contributed by atoms with E-state index in [1.807, 2.05) is 0 Å². The highest BCUT2D eigenvalue weighted by molar-refractivity contribution is 6.50. The molecule has 2 heteroatoms. The van der Waals surface area contributed by atoms with Crippen LogP contribution in [0.1, 0.15) is 27.2 Å². The van der Waals surface area contributed by atoms with Crippen molar-refractivity contribution in [3.8, 4) is 0 Å². The molecule has 0 aromatic heterocycles. The standard InChI is InChI=1S/C12H21NSi/c1-4-10-13(11(2)3)14-12-8-6-5-7-9-12/h5-9,11H,4,10,14H2,1-3H3. The number of hydrogen-bond acceptors (Lipinski definition) is 1. The van der Waals surface area contributed by atoms with E-state index in [9.17, 15) is 0 Å². The maximum atomic E-state index is 2.65. The van der Waals surface area contributed by atoms with Gasteiger partial charge in [-0.1, -0.05) is 51.1 Å². The van der Waals surface area contributed by atoms with Crippen LogP contribution >= 0.6 is 0 Å². The first-order valence-electron chi connectivity index (χ1n) is 5.52. The Morgan fingerprint density at radius 2 is 1.86 bits per heavy atom. The topological polar surface area (TPSA) is 3.24 Å². The summed E-state index contributed by atoms with van der Waals surface area (Å²) in [6.07, 6.45) is 1.26. The van der Waals surface area contributed by atoms with E-state index >= 15 is 0 Å². The Bertz CT molecular complexity index is 246. The van der Waals surface area contributed by atoms with Crippen LogP contribution in [0.2, 0.25) is 0 Å². The molecule has 78 valence electrons. The molecule has 0 saturated carbocycles. The minimum absolute atomic E-state index is 0.223. The maximum absolute atomic E-state index is 2.65. The first-order valence-corrected chi connectivity index (χ1v) is 6.86. The van der Waals surface area contributed by atoms with E-state index in [1.54, 1.807) is 5.19 Å². The lowest BCUT2D eigenvalue weighted by Gasteiger charge is -2.25. The van der Waals surface area contributed by atoms with Gasteiger partial charge in [0.25, 0.3) is 0 Å². The summed E-state index contributed by atoms with van der Waals surface area (Å²) in [6, 6.07) is 11.6. The van der Waals surface area contributed by atoms with Gasteiger partial charge in [-0.15, -0.1) is 0 Å². The average Bonchev–Trinajstić information content (AvgIpc) is 2.18. The van der Waals surface area contributed by atoms with Gasteiger partial charge in [-0.2, -0.15) is 0 Å². The van der Waals surface area contributed by atoms with Gasteiger partial charge >= 0.3 is 0 Å². The van der Waals surface area contributed by atoms with Crippen LogP contribution < -0.4 is 5.19 Å². The zero-order valence-electron chi connectivity index (χ0n) is 9.53. The smallest absolute Gasteiger partial charge is 0.127 e. The van der Waals surface area contributed by atoms with E-state index in [4.69, 9.17) is 0 Å². The quantitative estimate of drug-likeness (QED) is 0.662. The van der Waals surface area contributed by atoms with Crippen molar-refractivity contribution in [2.45, 2.75) is 33.2 Å². The molecule has 1 rings (SSSR count). The zero-order chi connectivity index (χ0) is 10.4. The van der Waals surface area contributed by atoms with Gasteiger partial charge in [-0.05, 0) is 24.2 Å². The van der Waals surface area contributed by atoms with Crippen molar-refractivity contribution in [1.29, 1.82) is 0 Å². The summed E-state index contributed by atoms with van der Waals surface area (Å²) in [4.78, 5) is 0. The van der Waals surface area contributed by atoms with Gasteiger partial charge in [-0.25, -0.2) is 0 Å². The van der Waals surface area contributed by atoms with Crippen molar-refractivity contribution in [3.63, 3.8) is 0 Å². The molecule has 0 heterocycles. The molecular formula is C12H21NSi. The van der Waals surface area contributed by atoms with Gasteiger partial charge in [-0.3, -0.25) is 0 Å². The Morgan fingerprint density at radius 3 is 2.36 bits per heavy atom. The maximum Gasteiger partial charge on any atom is 0.127 e. The summed E-state index contributed by atoms with van der Waals surface area (Å²) in [6.45, 7) is 8.10. The Kier molecular flexibility index (Phi) is 4.91. The molecular weight excluding hydrogens is 186 g/mol. The molecule has 0 aliphatic rings. The fraction of sp³-hybridized carbons (Fsp3) is 0.500. The van der Waals surface area contributed by atoms with Crippen LogP contribution in [0.3, 0.4) is 0 Å². The first kappa shape index (κ1) is 11.5. The molecule has 0 fully saturated rings. The normalized spacial score (nSPS) is 12.1. The molecule has 0 atom stereocenters. The number of rotatable bonds is 5. The van der Waals surface area contributed by atoms with Crippen LogP contribution in [0.15, 0.2) is 30.3 Å². The van der Waals surface area contributed by atoms with Crippen molar-refractivity contribution < 1.29 is 0 Å².